The van der Waals surface area contributed by atoms with Gasteiger partial charge in [0.1, 0.15) is 0 Å². The molecule has 0 aliphatic heterocycles. The number of allylic oxidation sites excluding steroid dienone is 7. The van der Waals surface area contributed by atoms with Gasteiger partial charge in [-0.05, 0) is 101 Å². The summed E-state index contributed by atoms with van der Waals surface area (Å²) in [6.07, 6.45) is 18.9. The minimum absolute atomic E-state index is 0.220. The summed E-state index contributed by atoms with van der Waals surface area (Å²) in [5.74, 6) is 0.220. The zero-order valence-corrected chi connectivity index (χ0v) is 25.5. The van der Waals surface area contributed by atoms with Crippen molar-refractivity contribution in [1.82, 2.24) is 4.57 Å². The predicted octanol–water partition coefficient (Wildman–Crippen LogP) is 8.84. The topological polar surface area (TPSA) is 4.93 Å². The van der Waals surface area contributed by atoms with Crippen LogP contribution in [0.1, 0.15) is 53.6 Å². The Morgan fingerprint density at radius 3 is 2.59 bits per heavy atom. The molecule has 210 valence electrons. The van der Waals surface area contributed by atoms with Gasteiger partial charge in [0.15, 0.2) is 0 Å². The molecule has 2 aromatic heterocycles. The molecule has 5 aliphatic carbocycles. The minimum atomic E-state index is -0.263. The second-order valence-electron chi connectivity index (χ2n) is 12.9. The van der Waals surface area contributed by atoms with Crippen molar-refractivity contribution in [2.24, 2.45) is 0 Å². The maximum absolute atomic E-state index is 3.47. The highest BCUT2D eigenvalue weighted by atomic mass is 32.1. The zero-order valence-electron chi connectivity index (χ0n) is 24.7. The molecule has 2 unspecified atom stereocenters. The van der Waals surface area contributed by atoms with Gasteiger partial charge in [-0.3, -0.25) is 0 Å². The van der Waals surface area contributed by atoms with Crippen LogP contribution >= 0.6 is 11.3 Å². The number of aromatic nitrogens is 1. The van der Waals surface area contributed by atoms with Crippen molar-refractivity contribution in [2.75, 3.05) is 0 Å². The number of nitrogens with zero attached hydrogens (tertiary/aromatic N) is 1. The van der Waals surface area contributed by atoms with E-state index in [-0.39, 0.29) is 11.3 Å². The van der Waals surface area contributed by atoms with Crippen LogP contribution in [0.15, 0.2) is 120 Å². The lowest BCUT2D eigenvalue weighted by molar-refractivity contribution is 0.698. The monoisotopic (exact) mass is 581 g/mol. The lowest BCUT2D eigenvalue weighted by atomic mass is 9.72. The van der Waals surface area contributed by atoms with E-state index in [2.05, 4.69) is 133 Å². The summed E-state index contributed by atoms with van der Waals surface area (Å²) >= 11 is 1.99. The average molecular weight is 582 g/mol. The molecule has 0 saturated carbocycles. The van der Waals surface area contributed by atoms with Gasteiger partial charge < -0.3 is 4.57 Å². The van der Waals surface area contributed by atoms with Crippen LogP contribution in [-0.4, -0.2) is 4.57 Å². The maximum Gasteiger partial charge on any atom is 0.0495 e. The van der Waals surface area contributed by atoms with E-state index < -0.39 is 0 Å². The lowest BCUT2D eigenvalue weighted by Crippen LogP contribution is -2.34. The summed E-state index contributed by atoms with van der Waals surface area (Å²) in [5, 5.41) is 4.28. The Balaban J connectivity index is 1.26. The zero-order chi connectivity index (χ0) is 29.0. The fourth-order valence-electron chi connectivity index (χ4n) is 8.72. The SMILES string of the molecule is CC1(C2=CC(c3ccccc3)C=C2n2c3c(c4c2=CCCC=4)-c2sc4ccccc4c2CC3)C2=C(C=C=C2)c2ccccc21. The second kappa shape index (κ2) is 8.96. The third-order valence-corrected chi connectivity index (χ3v) is 11.9. The smallest absolute Gasteiger partial charge is 0.0495 e. The summed E-state index contributed by atoms with van der Waals surface area (Å²) in [7, 11) is 0. The molecule has 2 heteroatoms. The Labute approximate surface area is 261 Å². The molecule has 0 fully saturated rings. The second-order valence-corrected chi connectivity index (χ2v) is 13.9. The van der Waals surface area contributed by atoms with Crippen molar-refractivity contribution in [1.29, 1.82) is 0 Å². The molecule has 0 bridgehead atoms. The number of benzene rings is 3. The Morgan fingerprint density at radius 1 is 0.841 bits per heavy atom. The van der Waals surface area contributed by atoms with Crippen molar-refractivity contribution in [3.05, 3.63) is 159 Å². The molecule has 0 radical (unpaired) electrons. The highest BCUT2D eigenvalue weighted by Gasteiger charge is 2.47. The number of fused-ring (bicyclic) bond motifs is 9. The van der Waals surface area contributed by atoms with Crippen LogP contribution in [0.5, 0.6) is 0 Å². The van der Waals surface area contributed by atoms with Gasteiger partial charge in [0.25, 0.3) is 0 Å². The van der Waals surface area contributed by atoms with Crippen LogP contribution in [0, 0.1) is 0 Å². The number of aryl methyl sites for hydroxylation is 1. The van der Waals surface area contributed by atoms with Crippen LogP contribution in [0.3, 0.4) is 0 Å². The van der Waals surface area contributed by atoms with Gasteiger partial charge in [-0.1, -0.05) is 91.0 Å². The molecule has 2 atom stereocenters. The lowest BCUT2D eigenvalue weighted by Gasteiger charge is -2.33. The van der Waals surface area contributed by atoms with Crippen molar-refractivity contribution in [3.8, 4) is 10.4 Å². The number of hydrogen-bond acceptors (Lipinski definition) is 1. The van der Waals surface area contributed by atoms with Crippen molar-refractivity contribution in [2.45, 2.75) is 43.9 Å². The third kappa shape index (κ3) is 3.15. The minimum Gasteiger partial charge on any atom is -0.313 e. The van der Waals surface area contributed by atoms with Crippen molar-refractivity contribution < 1.29 is 0 Å². The van der Waals surface area contributed by atoms with Crippen LogP contribution in [0.4, 0.5) is 0 Å². The van der Waals surface area contributed by atoms with Gasteiger partial charge in [-0.15, -0.1) is 17.1 Å². The highest BCUT2D eigenvalue weighted by molar-refractivity contribution is 7.22. The van der Waals surface area contributed by atoms with E-state index in [9.17, 15) is 0 Å². The Morgan fingerprint density at radius 2 is 1.66 bits per heavy atom. The van der Waals surface area contributed by atoms with E-state index in [1.165, 1.54) is 75.9 Å². The summed E-state index contributed by atoms with van der Waals surface area (Å²) in [5.41, 5.74) is 17.3. The Bertz CT molecular complexity index is 2380. The summed E-state index contributed by atoms with van der Waals surface area (Å²) < 4.78 is 4.10. The van der Waals surface area contributed by atoms with Gasteiger partial charge in [0.05, 0.1) is 0 Å². The largest absolute Gasteiger partial charge is 0.313 e. The molecular weight excluding hydrogens is 551 g/mol. The van der Waals surface area contributed by atoms with Crippen LogP contribution < -0.4 is 10.6 Å². The number of thiophene rings is 1. The van der Waals surface area contributed by atoms with Gasteiger partial charge in [0, 0.05) is 48.4 Å². The first-order valence-corrected chi connectivity index (χ1v) is 16.7. The number of rotatable bonds is 3. The molecule has 2 heterocycles. The molecule has 0 spiro atoms. The molecule has 5 aliphatic rings. The highest BCUT2D eigenvalue weighted by Crippen LogP contribution is 2.57. The van der Waals surface area contributed by atoms with Crippen LogP contribution in [0.2, 0.25) is 0 Å². The fourth-order valence-corrected chi connectivity index (χ4v) is 10.1. The third-order valence-electron chi connectivity index (χ3n) is 10.7. The molecule has 5 aromatic rings. The van der Waals surface area contributed by atoms with Crippen molar-refractivity contribution >= 4 is 44.8 Å². The van der Waals surface area contributed by atoms with Gasteiger partial charge in [-0.2, -0.15) is 0 Å². The van der Waals surface area contributed by atoms with E-state index in [1.807, 2.05) is 11.3 Å². The van der Waals surface area contributed by atoms with E-state index in [0.29, 0.717) is 0 Å². The molecule has 0 amide bonds. The summed E-state index contributed by atoms with van der Waals surface area (Å²) in [6, 6.07) is 29.1. The van der Waals surface area contributed by atoms with Crippen molar-refractivity contribution in [3.63, 3.8) is 0 Å². The molecule has 10 rings (SSSR count). The van der Waals surface area contributed by atoms with Gasteiger partial charge >= 0.3 is 0 Å². The van der Waals surface area contributed by atoms with E-state index in [4.69, 9.17) is 0 Å². The molecule has 0 saturated heterocycles. The Hall–Kier alpha value is -4.62. The quantitative estimate of drug-likeness (QED) is 0.188. The Kier molecular flexibility index (Phi) is 5.04. The van der Waals surface area contributed by atoms with E-state index in [0.717, 1.165) is 25.7 Å². The van der Waals surface area contributed by atoms with Crippen LogP contribution in [-0.2, 0) is 18.3 Å². The predicted molar refractivity (Wildman–Crippen MR) is 185 cm³/mol. The molecule has 0 N–H and O–H groups in total. The standard InChI is InChI=1S/C42H31NS/c1-42(33-18-8-5-14-28(33)29-17-11-19-34(29)42)35-24-27(26-12-3-2-4-13-26)25-38(35)43-36-20-9-6-16-32(36)40-37(43)23-22-31-30-15-7-10-21-39(30)44-41(31)40/h2-5,7-8,10,12-21,24-25,27H,6,9,22-23H2,1H3. The molecule has 3 aromatic carbocycles. The fraction of sp³-hybridized carbons (Fsp3) is 0.167. The van der Waals surface area contributed by atoms with E-state index >= 15 is 0 Å². The number of hydrogen-bond donors (Lipinski definition) is 0. The van der Waals surface area contributed by atoms with E-state index in [1.54, 1.807) is 5.56 Å². The molecule has 1 nitrogen and oxygen atoms in total. The van der Waals surface area contributed by atoms with Gasteiger partial charge in [-0.25, -0.2) is 0 Å². The average Bonchev–Trinajstić information content (AvgIpc) is 3.89. The summed E-state index contributed by atoms with van der Waals surface area (Å²) in [4.78, 5) is 1.49. The first-order chi connectivity index (χ1) is 21.7. The maximum atomic E-state index is 3.47. The normalized spacial score (nSPS) is 22.2. The van der Waals surface area contributed by atoms with Gasteiger partial charge in [0.2, 0.25) is 0 Å². The summed E-state index contributed by atoms with van der Waals surface area (Å²) in [6.45, 7) is 2.46. The molecule has 44 heavy (non-hydrogen) atoms. The first kappa shape index (κ1) is 24.8. The molecular formula is C42H31NS. The first-order valence-electron chi connectivity index (χ1n) is 15.9. The van der Waals surface area contributed by atoms with Crippen LogP contribution in [0.25, 0.3) is 43.9 Å².